The second-order valence-electron chi connectivity index (χ2n) is 6.65. The lowest BCUT2D eigenvalue weighted by Crippen LogP contribution is -2.30. The Labute approximate surface area is 113 Å². The molecule has 0 radical (unpaired) electrons. The predicted octanol–water partition coefficient (Wildman–Crippen LogP) is 3.38. The molecule has 0 spiro atoms. The van der Waals surface area contributed by atoms with Gasteiger partial charge in [0.1, 0.15) is 6.61 Å². The lowest BCUT2D eigenvalue weighted by molar-refractivity contribution is -0.126. The van der Waals surface area contributed by atoms with E-state index in [1.165, 1.54) is 19.3 Å². The van der Waals surface area contributed by atoms with Crippen LogP contribution in [0.3, 0.4) is 0 Å². The summed E-state index contributed by atoms with van der Waals surface area (Å²) in [5.74, 6) is 0.786. The second kappa shape index (κ2) is 9.37. The van der Waals surface area contributed by atoms with Crippen molar-refractivity contribution in [2.45, 2.75) is 60.3 Å². The van der Waals surface area contributed by atoms with Gasteiger partial charge in [-0.2, -0.15) is 0 Å². The first-order chi connectivity index (χ1) is 8.31. The quantitative estimate of drug-likeness (QED) is 0.643. The summed E-state index contributed by atoms with van der Waals surface area (Å²) in [6.07, 6.45) is 4.80. The summed E-state index contributed by atoms with van der Waals surface area (Å²) in [6, 6.07) is 0. The van der Waals surface area contributed by atoms with Gasteiger partial charge in [-0.1, -0.05) is 53.9 Å². The third-order valence-electron chi connectivity index (χ3n) is 2.55. The van der Waals surface area contributed by atoms with Crippen LogP contribution in [0.5, 0.6) is 0 Å². The van der Waals surface area contributed by atoms with Gasteiger partial charge in [0.15, 0.2) is 0 Å². The first-order valence-electron chi connectivity index (χ1n) is 7.16. The van der Waals surface area contributed by atoms with Crippen molar-refractivity contribution in [2.75, 3.05) is 19.8 Å². The first-order valence-corrected chi connectivity index (χ1v) is 7.16. The smallest absolute Gasteiger partial charge is 0.245 e. The van der Waals surface area contributed by atoms with Crippen LogP contribution in [-0.4, -0.2) is 25.7 Å². The summed E-state index contributed by atoms with van der Waals surface area (Å²) in [7, 11) is 0. The lowest BCUT2D eigenvalue weighted by atomic mass is 9.99. The molecular formula is C15H31NO2. The summed E-state index contributed by atoms with van der Waals surface area (Å²) >= 11 is 0. The number of rotatable bonds is 9. The molecule has 1 N–H and O–H groups in total. The van der Waals surface area contributed by atoms with Gasteiger partial charge in [0, 0.05) is 6.54 Å². The van der Waals surface area contributed by atoms with Gasteiger partial charge < -0.3 is 10.1 Å². The van der Waals surface area contributed by atoms with Crippen LogP contribution in [0, 0.1) is 11.3 Å². The van der Waals surface area contributed by atoms with E-state index in [2.05, 4.69) is 39.9 Å². The Morgan fingerprint density at radius 2 is 1.83 bits per heavy atom. The Bertz CT molecular complexity index is 219. The maximum Gasteiger partial charge on any atom is 0.245 e. The van der Waals surface area contributed by atoms with E-state index in [1.807, 2.05) is 0 Å². The minimum atomic E-state index is 0.00288. The molecule has 0 fully saturated rings. The Kier molecular flexibility index (Phi) is 9.08. The fourth-order valence-electron chi connectivity index (χ4n) is 1.58. The van der Waals surface area contributed by atoms with Crippen LogP contribution in [0.15, 0.2) is 0 Å². The van der Waals surface area contributed by atoms with E-state index in [-0.39, 0.29) is 17.9 Å². The standard InChI is InChI=1S/C15H31NO2/c1-13(2)9-7-6-8-10-16-14(17)11-18-12-15(3,4)5/h13H,6-12H2,1-5H3,(H,16,17). The third kappa shape index (κ3) is 13.5. The molecule has 0 heterocycles. The van der Waals surface area contributed by atoms with Gasteiger partial charge in [0.2, 0.25) is 5.91 Å². The third-order valence-corrected chi connectivity index (χ3v) is 2.55. The number of unbranched alkanes of at least 4 members (excludes halogenated alkanes) is 2. The Morgan fingerprint density at radius 3 is 2.39 bits per heavy atom. The fourth-order valence-corrected chi connectivity index (χ4v) is 1.58. The fraction of sp³-hybridized carbons (Fsp3) is 0.933. The molecule has 108 valence electrons. The van der Waals surface area contributed by atoms with Crippen molar-refractivity contribution in [3.63, 3.8) is 0 Å². The zero-order valence-corrected chi connectivity index (χ0v) is 12.8. The molecular weight excluding hydrogens is 226 g/mol. The van der Waals surface area contributed by atoms with Gasteiger partial charge in [-0.3, -0.25) is 4.79 Å². The van der Waals surface area contributed by atoms with Crippen molar-refractivity contribution in [3.05, 3.63) is 0 Å². The molecule has 0 saturated carbocycles. The van der Waals surface area contributed by atoms with Crippen molar-refractivity contribution in [1.29, 1.82) is 0 Å². The molecule has 0 atom stereocenters. The van der Waals surface area contributed by atoms with Crippen LogP contribution < -0.4 is 5.32 Å². The van der Waals surface area contributed by atoms with Gasteiger partial charge in [0.05, 0.1) is 6.61 Å². The minimum absolute atomic E-state index is 0.00288. The van der Waals surface area contributed by atoms with Crippen molar-refractivity contribution in [3.8, 4) is 0 Å². The van der Waals surface area contributed by atoms with Gasteiger partial charge in [-0.25, -0.2) is 0 Å². The van der Waals surface area contributed by atoms with Crippen molar-refractivity contribution >= 4 is 5.91 Å². The molecule has 0 aromatic heterocycles. The number of hydrogen-bond donors (Lipinski definition) is 1. The highest BCUT2D eigenvalue weighted by molar-refractivity contribution is 5.77. The highest BCUT2D eigenvalue weighted by atomic mass is 16.5. The van der Waals surface area contributed by atoms with Gasteiger partial charge in [-0.15, -0.1) is 0 Å². The first kappa shape index (κ1) is 17.4. The zero-order valence-electron chi connectivity index (χ0n) is 12.8. The molecule has 0 unspecified atom stereocenters. The van der Waals surface area contributed by atoms with Gasteiger partial charge in [-0.05, 0) is 17.8 Å². The highest BCUT2D eigenvalue weighted by Crippen LogP contribution is 2.12. The number of amides is 1. The van der Waals surface area contributed by atoms with Crippen LogP contribution in [0.4, 0.5) is 0 Å². The number of carbonyl (C=O) groups is 1. The molecule has 0 saturated heterocycles. The Hall–Kier alpha value is -0.570. The van der Waals surface area contributed by atoms with Crippen LogP contribution >= 0.6 is 0 Å². The average Bonchev–Trinajstić information content (AvgIpc) is 2.20. The monoisotopic (exact) mass is 257 g/mol. The van der Waals surface area contributed by atoms with E-state index in [0.29, 0.717) is 6.61 Å². The molecule has 0 aliphatic carbocycles. The molecule has 3 heteroatoms. The van der Waals surface area contributed by atoms with Crippen molar-refractivity contribution in [2.24, 2.45) is 11.3 Å². The number of ether oxygens (including phenoxy) is 1. The SMILES string of the molecule is CC(C)CCCCCNC(=O)COCC(C)(C)C. The van der Waals surface area contributed by atoms with Gasteiger partial charge in [0.25, 0.3) is 0 Å². The van der Waals surface area contributed by atoms with Crippen LogP contribution in [-0.2, 0) is 9.53 Å². The summed E-state index contributed by atoms with van der Waals surface area (Å²) in [4.78, 5) is 11.4. The molecule has 1 amide bonds. The minimum Gasteiger partial charge on any atom is -0.371 e. The average molecular weight is 257 g/mol. The van der Waals surface area contributed by atoms with E-state index >= 15 is 0 Å². The molecule has 0 aliphatic heterocycles. The molecule has 0 aromatic rings. The summed E-state index contributed by atoms with van der Waals surface area (Å²) in [6.45, 7) is 12.4. The van der Waals surface area contributed by atoms with Crippen LogP contribution in [0.1, 0.15) is 60.3 Å². The summed E-state index contributed by atoms with van der Waals surface area (Å²) < 4.78 is 5.36. The van der Waals surface area contributed by atoms with Crippen molar-refractivity contribution < 1.29 is 9.53 Å². The van der Waals surface area contributed by atoms with E-state index in [1.54, 1.807) is 0 Å². The maximum absolute atomic E-state index is 11.4. The molecule has 3 nitrogen and oxygen atoms in total. The summed E-state index contributed by atoms with van der Waals surface area (Å²) in [5.41, 5.74) is 0.122. The number of carbonyl (C=O) groups excluding carboxylic acids is 1. The molecule has 0 aliphatic rings. The maximum atomic E-state index is 11.4. The van der Waals surface area contributed by atoms with Gasteiger partial charge >= 0.3 is 0 Å². The normalized spacial score (nSPS) is 11.9. The van der Waals surface area contributed by atoms with E-state index in [4.69, 9.17) is 4.74 Å². The zero-order chi connectivity index (χ0) is 14.0. The second-order valence-corrected chi connectivity index (χ2v) is 6.65. The molecule has 0 rings (SSSR count). The summed E-state index contributed by atoms with van der Waals surface area (Å²) in [5, 5.41) is 2.89. The van der Waals surface area contributed by atoms with Crippen molar-refractivity contribution in [1.82, 2.24) is 5.32 Å². The Morgan fingerprint density at radius 1 is 1.17 bits per heavy atom. The highest BCUT2D eigenvalue weighted by Gasteiger charge is 2.11. The number of hydrogen-bond acceptors (Lipinski definition) is 2. The van der Waals surface area contributed by atoms with Crippen LogP contribution in [0.2, 0.25) is 0 Å². The largest absolute Gasteiger partial charge is 0.371 e. The van der Waals surface area contributed by atoms with E-state index in [9.17, 15) is 4.79 Å². The molecule has 18 heavy (non-hydrogen) atoms. The van der Waals surface area contributed by atoms with E-state index in [0.717, 1.165) is 18.9 Å². The number of nitrogens with one attached hydrogen (secondary N) is 1. The van der Waals surface area contributed by atoms with E-state index < -0.39 is 0 Å². The molecule has 0 aromatic carbocycles. The topological polar surface area (TPSA) is 38.3 Å². The Balaban J connectivity index is 3.32. The molecule has 0 bridgehead atoms. The predicted molar refractivity (Wildman–Crippen MR) is 76.6 cm³/mol. The van der Waals surface area contributed by atoms with Crippen LogP contribution in [0.25, 0.3) is 0 Å². The lowest BCUT2D eigenvalue weighted by Gasteiger charge is -2.17.